The first-order valence-electron chi connectivity index (χ1n) is 12.0. The number of carbonyl (C=O) groups excluding carboxylic acids is 2. The molecule has 0 aliphatic rings. The molecule has 3 aromatic carbocycles. The van der Waals surface area contributed by atoms with E-state index < -0.39 is 28.5 Å². The first-order chi connectivity index (χ1) is 17.5. The zero-order valence-corrected chi connectivity index (χ0v) is 22.7. The average molecular weight is 542 g/mol. The molecule has 196 valence electrons. The number of carbonyl (C=O) groups is 2. The third-order valence-electron chi connectivity index (χ3n) is 5.67. The van der Waals surface area contributed by atoms with Crippen molar-refractivity contribution in [3.63, 3.8) is 0 Å². The van der Waals surface area contributed by atoms with Gasteiger partial charge in [-0.05, 0) is 49.2 Å². The summed E-state index contributed by atoms with van der Waals surface area (Å²) >= 11 is 6.20. The predicted octanol–water partition coefficient (Wildman–Crippen LogP) is 4.27. The Labute approximate surface area is 224 Å². The Morgan fingerprint density at radius 1 is 0.892 bits per heavy atom. The monoisotopic (exact) mass is 541 g/mol. The van der Waals surface area contributed by atoms with Crippen molar-refractivity contribution >= 4 is 39.1 Å². The summed E-state index contributed by atoms with van der Waals surface area (Å²) in [4.78, 5) is 28.8. The number of nitrogens with one attached hydrogen (secondary N) is 1. The van der Waals surface area contributed by atoms with Crippen molar-refractivity contribution in [2.45, 2.75) is 38.9 Å². The van der Waals surface area contributed by atoms with E-state index in [1.54, 1.807) is 48.5 Å². The van der Waals surface area contributed by atoms with E-state index in [-0.39, 0.29) is 24.9 Å². The quantitative estimate of drug-likeness (QED) is 0.393. The van der Waals surface area contributed by atoms with Crippen LogP contribution in [0.2, 0.25) is 5.02 Å². The van der Waals surface area contributed by atoms with Crippen molar-refractivity contribution in [1.82, 2.24) is 10.2 Å². The van der Waals surface area contributed by atoms with Crippen molar-refractivity contribution in [3.05, 3.63) is 101 Å². The summed E-state index contributed by atoms with van der Waals surface area (Å²) in [5.41, 5.74) is 1.97. The highest BCUT2D eigenvalue weighted by molar-refractivity contribution is 7.92. The van der Waals surface area contributed by atoms with Crippen LogP contribution in [0.1, 0.15) is 25.0 Å². The van der Waals surface area contributed by atoms with Crippen LogP contribution in [0.3, 0.4) is 0 Å². The molecule has 37 heavy (non-hydrogen) atoms. The number of nitrogens with zero attached hydrogens (tertiary/aromatic N) is 2. The van der Waals surface area contributed by atoms with Crippen LogP contribution in [0.4, 0.5) is 5.69 Å². The van der Waals surface area contributed by atoms with Crippen LogP contribution in [0.25, 0.3) is 0 Å². The van der Waals surface area contributed by atoms with Crippen molar-refractivity contribution < 1.29 is 18.0 Å². The third-order valence-corrected chi connectivity index (χ3v) is 7.04. The van der Waals surface area contributed by atoms with E-state index in [1.165, 1.54) is 4.90 Å². The maximum absolute atomic E-state index is 13.9. The molecule has 7 nitrogen and oxygen atoms in total. The van der Waals surface area contributed by atoms with Gasteiger partial charge < -0.3 is 10.2 Å². The van der Waals surface area contributed by atoms with Crippen LogP contribution in [-0.4, -0.2) is 50.0 Å². The topological polar surface area (TPSA) is 86.8 Å². The van der Waals surface area contributed by atoms with Gasteiger partial charge in [0.1, 0.15) is 12.6 Å². The Balaban J connectivity index is 2.04. The summed E-state index contributed by atoms with van der Waals surface area (Å²) in [6.07, 6.45) is 1.32. The molecule has 0 saturated carbocycles. The number of halogens is 1. The number of benzene rings is 3. The van der Waals surface area contributed by atoms with Crippen LogP contribution in [0, 0.1) is 0 Å². The molecular weight excluding hydrogens is 510 g/mol. The highest BCUT2D eigenvalue weighted by atomic mass is 35.5. The Kier molecular flexibility index (Phi) is 9.72. The maximum atomic E-state index is 13.9. The van der Waals surface area contributed by atoms with Gasteiger partial charge in [0.2, 0.25) is 21.8 Å². The zero-order chi connectivity index (χ0) is 27.0. The maximum Gasteiger partial charge on any atom is 0.244 e. The molecule has 0 heterocycles. The Morgan fingerprint density at radius 3 is 2.05 bits per heavy atom. The largest absolute Gasteiger partial charge is 0.352 e. The van der Waals surface area contributed by atoms with Crippen molar-refractivity contribution in [1.29, 1.82) is 0 Å². The number of rotatable bonds is 11. The Morgan fingerprint density at radius 2 is 1.49 bits per heavy atom. The van der Waals surface area contributed by atoms with E-state index in [2.05, 4.69) is 5.32 Å². The molecule has 1 atom stereocenters. The van der Waals surface area contributed by atoms with Gasteiger partial charge in [-0.25, -0.2) is 8.42 Å². The van der Waals surface area contributed by atoms with E-state index >= 15 is 0 Å². The molecule has 3 aromatic rings. The average Bonchev–Trinajstić information content (AvgIpc) is 2.84. The molecule has 0 unspecified atom stereocenters. The van der Waals surface area contributed by atoms with Crippen LogP contribution in [0.15, 0.2) is 84.9 Å². The summed E-state index contributed by atoms with van der Waals surface area (Å²) < 4.78 is 26.4. The van der Waals surface area contributed by atoms with Gasteiger partial charge in [-0.15, -0.1) is 0 Å². The fourth-order valence-corrected chi connectivity index (χ4v) is 5.04. The first kappa shape index (κ1) is 28.2. The summed E-state index contributed by atoms with van der Waals surface area (Å²) in [5.74, 6) is -0.825. The number of amides is 2. The molecular formula is C28H32ClN3O4S. The first-order valence-corrected chi connectivity index (χ1v) is 14.2. The molecule has 0 aromatic heterocycles. The van der Waals surface area contributed by atoms with Gasteiger partial charge in [-0.1, -0.05) is 72.3 Å². The second kappa shape index (κ2) is 12.7. The van der Waals surface area contributed by atoms with Gasteiger partial charge in [-0.2, -0.15) is 0 Å². The second-order valence-corrected chi connectivity index (χ2v) is 11.5. The lowest BCUT2D eigenvalue weighted by Gasteiger charge is -2.34. The molecule has 1 N–H and O–H groups in total. The molecule has 0 radical (unpaired) electrons. The molecule has 0 spiro atoms. The van der Waals surface area contributed by atoms with E-state index in [4.69, 9.17) is 11.6 Å². The van der Waals surface area contributed by atoms with E-state index in [0.29, 0.717) is 10.7 Å². The van der Waals surface area contributed by atoms with Crippen molar-refractivity contribution in [2.75, 3.05) is 17.1 Å². The van der Waals surface area contributed by atoms with Crippen molar-refractivity contribution in [2.24, 2.45) is 0 Å². The number of hydrogen-bond acceptors (Lipinski definition) is 4. The fraction of sp³-hybridized carbons (Fsp3) is 0.286. The number of para-hydroxylation sites is 1. The van der Waals surface area contributed by atoms with Crippen LogP contribution >= 0.6 is 11.6 Å². The molecule has 3 rings (SSSR count). The molecule has 9 heteroatoms. The molecule has 0 aliphatic heterocycles. The smallest absolute Gasteiger partial charge is 0.244 e. The van der Waals surface area contributed by atoms with Crippen LogP contribution in [0.5, 0.6) is 0 Å². The van der Waals surface area contributed by atoms with Gasteiger partial charge >= 0.3 is 0 Å². The minimum absolute atomic E-state index is 0.0782. The van der Waals surface area contributed by atoms with Crippen LogP contribution in [-0.2, 0) is 32.6 Å². The van der Waals surface area contributed by atoms with E-state index in [9.17, 15) is 18.0 Å². The number of hydrogen-bond donors (Lipinski definition) is 1. The summed E-state index contributed by atoms with van der Waals surface area (Å²) in [5, 5.41) is 3.42. The zero-order valence-electron chi connectivity index (χ0n) is 21.2. The Bertz CT molecular complexity index is 1300. The molecule has 0 bridgehead atoms. The second-order valence-electron chi connectivity index (χ2n) is 9.13. The summed E-state index contributed by atoms with van der Waals surface area (Å²) in [6, 6.07) is 23.9. The molecule has 0 saturated heterocycles. The minimum atomic E-state index is -3.79. The molecule has 2 amide bonds. The van der Waals surface area contributed by atoms with E-state index in [1.807, 2.05) is 50.2 Å². The van der Waals surface area contributed by atoms with E-state index in [0.717, 1.165) is 21.7 Å². The fourth-order valence-electron chi connectivity index (χ4n) is 3.97. The number of sulfonamides is 1. The summed E-state index contributed by atoms with van der Waals surface area (Å²) in [7, 11) is -3.79. The lowest BCUT2D eigenvalue weighted by molar-refractivity contribution is -0.140. The summed E-state index contributed by atoms with van der Waals surface area (Å²) in [6.45, 7) is 3.32. The van der Waals surface area contributed by atoms with Gasteiger partial charge in [0.05, 0.1) is 11.9 Å². The van der Waals surface area contributed by atoms with Gasteiger partial charge in [0.15, 0.2) is 0 Å². The molecule has 0 fully saturated rings. The SMILES string of the molecule is CC(C)NC(=O)[C@@H](Cc1ccccc1)N(Cc1cccc(Cl)c1)C(=O)CN(c1ccccc1)S(C)(=O)=O. The highest BCUT2D eigenvalue weighted by Gasteiger charge is 2.33. The van der Waals surface area contributed by atoms with Crippen LogP contribution < -0.4 is 9.62 Å². The minimum Gasteiger partial charge on any atom is -0.352 e. The standard InChI is InChI=1S/C28H32ClN3O4S/c1-21(2)30-28(34)26(18-22-11-6-4-7-12-22)31(19-23-13-10-14-24(29)17-23)27(33)20-32(37(3,35)36)25-15-8-5-9-16-25/h4-17,21,26H,18-20H2,1-3H3,(H,30,34)/t26-/m1/s1. The van der Waals surface area contributed by atoms with Gasteiger partial charge in [0.25, 0.3) is 0 Å². The lowest BCUT2D eigenvalue weighted by Crippen LogP contribution is -2.54. The van der Waals surface area contributed by atoms with Gasteiger partial charge in [-0.3, -0.25) is 13.9 Å². The highest BCUT2D eigenvalue weighted by Crippen LogP contribution is 2.21. The molecule has 0 aliphatic carbocycles. The lowest BCUT2D eigenvalue weighted by atomic mass is 10.0. The van der Waals surface area contributed by atoms with Gasteiger partial charge in [0, 0.05) is 24.0 Å². The predicted molar refractivity (Wildman–Crippen MR) is 148 cm³/mol. The number of anilines is 1. The normalized spacial score (nSPS) is 12.1. The third kappa shape index (κ3) is 8.33. The Hall–Kier alpha value is -3.36. The van der Waals surface area contributed by atoms with Crippen molar-refractivity contribution in [3.8, 4) is 0 Å².